The number of hydrogen-bond acceptors (Lipinski definition) is 4. The van der Waals surface area contributed by atoms with Crippen molar-refractivity contribution in [2.24, 2.45) is 11.3 Å². The third-order valence-corrected chi connectivity index (χ3v) is 4.24. The Hall–Kier alpha value is -1.28. The van der Waals surface area contributed by atoms with Gasteiger partial charge in [-0.25, -0.2) is 4.79 Å². The van der Waals surface area contributed by atoms with Crippen LogP contribution in [-0.4, -0.2) is 54.2 Å². The van der Waals surface area contributed by atoms with Crippen LogP contribution in [0.25, 0.3) is 0 Å². The Morgan fingerprint density at radius 3 is 2.80 bits per heavy atom. The van der Waals surface area contributed by atoms with Crippen LogP contribution >= 0.6 is 0 Å². The number of hydrogen-bond donors (Lipinski definition) is 0. The molecular weight excluding hydrogens is 254 g/mol. The van der Waals surface area contributed by atoms with Crippen molar-refractivity contribution in [1.82, 2.24) is 9.80 Å². The highest BCUT2D eigenvalue weighted by Gasteiger charge is 2.61. The molecule has 5 nitrogen and oxygen atoms in total. The van der Waals surface area contributed by atoms with Crippen molar-refractivity contribution < 1.29 is 9.53 Å². The van der Waals surface area contributed by atoms with Crippen LogP contribution in [0.15, 0.2) is 0 Å². The summed E-state index contributed by atoms with van der Waals surface area (Å²) in [4.78, 5) is 16.1. The van der Waals surface area contributed by atoms with Gasteiger partial charge in [0, 0.05) is 25.0 Å². The first kappa shape index (κ1) is 15.1. The van der Waals surface area contributed by atoms with E-state index in [9.17, 15) is 4.79 Å². The summed E-state index contributed by atoms with van der Waals surface area (Å²) in [5.41, 5.74) is -0.225. The van der Waals surface area contributed by atoms with E-state index in [2.05, 4.69) is 17.9 Å². The molecule has 1 aliphatic carbocycles. The molecule has 1 saturated heterocycles. The number of carbonyl (C=O) groups excluding carboxylic acids is 1. The monoisotopic (exact) mass is 279 g/mol. The number of ether oxygens (including phenoxy) is 1. The zero-order chi connectivity index (χ0) is 15.0. The maximum Gasteiger partial charge on any atom is 0.410 e. The van der Waals surface area contributed by atoms with Crippen molar-refractivity contribution in [2.75, 3.05) is 32.7 Å². The van der Waals surface area contributed by atoms with Gasteiger partial charge in [-0.2, -0.15) is 5.26 Å². The van der Waals surface area contributed by atoms with Crippen LogP contribution in [0.4, 0.5) is 4.79 Å². The average Bonchev–Trinajstić information content (AvgIpc) is 2.87. The van der Waals surface area contributed by atoms with Gasteiger partial charge in [0.2, 0.25) is 0 Å². The summed E-state index contributed by atoms with van der Waals surface area (Å²) in [5.74, 6) is 0.586. The second-order valence-corrected chi connectivity index (χ2v) is 7.09. The standard InChI is InChI=1S/C15H25N3O2/c1-5-17(7-6-16)10-15-8-12(15)9-18(11-15)13(19)20-14(2,3)4/h12H,5,7-11H2,1-4H3/t12-,15-/m1/s1. The molecule has 1 heterocycles. The lowest BCUT2D eigenvalue weighted by molar-refractivity contribution is 0.0256. The minimum Gasteiger partial charge on any atom is -0.444 e. The maximum atomic E-state index is 12.1. The summed E-state index contributed by atoms with van der Waals surface area (Å²) in [6.45, 7) is 11.6. The Morgan fingerprint density at radius 1 is 1.55 bits per heavy atom. The number of nitriles is 1. The molecule has 1 saturated carbocycles. The van der Waals surface area contributed by atoms with E-state index in [4.69, 9.17) is 10.00 Å². The molecule has 0 bridgehead atoms. The molecule has 0 spiro atoms. The van der Waals surface area contributed by atoms with Crippen molar-refractivity contribution in [3.63, 3.8) is 0 Å². The summed E-state index contributed by atoms with van der Waals surface area (Å²) in [5, 5.41) is 8.83. The molecule has 0 N–H and O–H groups in total. The predicted molar refractivity (Wildman–Crippen MR) is 76.1 cm³/mol. The van der Waals surface area contributed by atoms with E-state index in [1.54, 1.807) is 0 Å². The molecule has 2 atom stereocenters. The summed E-state index contributed by atoms with van der Waals surface area (Å²) < 4.78 is 5.44. The van der Waals surface area contributed by atoms with Crippen LogP contribution in [0.2, 0.25) is 0 Å². The molecule has 1 amide bonds. The first-order valence-corrected chi connectivity index (χ1v) is 7.37. The fourth-order valence-electron chi connectivity index (χ4n) is 3.13. The molecule has 112 valence electrons. The zero-order valence-corrected chi connectivity index (χ0v) is 13.0. The van der Waals surface area contributed by atoms with E-state index in [1.807, 2.05) is 25.7 Å². The minimum absolute atomic E-state index is 0.201. The van der Waals surface area contributed by atoms with Crippen molar-refractivity contribution >= 4 is 6.09 Å². The van der Waals surface area contributed by atoms with E-state index in [0.717, 1.165) is 26.2 Å². The minimum atomic E-state index is -0.437. The number of likely N-dealkylation sites (tertiary alicyclic amines) is 1. The molecule has 0 aromatic rings. The third kappa shape index (κ3) is 3.24. The Bertz CT molecular complexity index is 424. The Balaban J connectivity index is 1.90. The van der Waals surface area contributed by atoms with Gasteiger partial charge >= 0.3 is 6.09 Å². The topological polar surface area (TPSA) is 56.6 Å². The summed E-state index contributed by atoms with van der Waals surface area (Å²) in [7, 11) is 0. The molecule has 20 heavy (non-hydrogen) atoms. The molecule has 0 aromatic heterocycles. The van der Waals surface area contributed by atoms with Gasteiger partial charge in [-0.05, 0) is 39.7 Å². The molecule has 2 rings (SSSR count). The van der Waals surface area contributed by atoms with Crippen LogP contribution in [0.1, 0.15) is 34.1 Å². The highest BCUT2D eigenvalue weighted by molar-refractivity contribution is 5.69. The van der Waals surface area contributed by atoms with Crippen molar-refractivity contribution in [3.8, 4) is 6.07 Å². The fourth-order valence-corrected chi connectivity index (χ4v) is 3.13. The van der Waals surface area contributed by atoms with Gasteiger partial charge in [0.15, 0.2) is 0 Å². The van der Waals surface area contributed by atoms with E-state index in [1.165, 1.54) is 6.42 Å². The Kier molecular flexibility index (Phi) is 3.97. The summed E-state index contributed by atoms with van der Waals surface area (Å²) in [6, 6.07) is 2.21. The summed E-state index contributed by atoms with van der Waals surface area (Å²) in [6.07, 6.45) is 0.973. The highest BCUT2D eigenvalue weighted by Crippen LogP contribution is 2.58. The lowest BCUT2D eigenvalue weighted by Gasteiger charge is -2.28. The van der Waals surface area contributed by atoms with E-state index >= 15 is 0 Å². The fraction of sp³-hybridized carbons (Fsp3) is 0.867. The van der Waals surface area contributed by atoms with E-state index in [-0.39, 0.29) is 11.5 Å². The quantitative estimate of drug-likeness (QED) is 0.739. The normalized spacial score (nSPS) is 28.2. The van der Waals surface area contributed by atoms with Crippen LogP contribution in [0, 0.1) is 22.7 Å². The molecular formula is C15H25N3O2. The number of fused-ring (bicyclic) bond motifs is 1. The Morgan fingerprint density at radius 2 is 2.25 bits per heavy atom. The zero-order valence-electron chi connectivity index (χ0n) is 13.0. The lowest BCUT2D eigenvalue weighted by atomic mass is 10.1. The predicted octanol–water partition coefficient (Wildman–Crippen LogP) is 2.09. The largest absolute Gasteiger partial charge is 0.444 e. The number of rotatable bonds is 4. The molecule has 5 heteroatoms. The first-order chi connectivity index (χ1) is 9.29. The van der Waals surface area contributed by atoms with Crippen molar-refractivity contribution in [3.05, 3.63) is 0 Å². The first-order valence-electron chi connectivity index (χ1n) is 7.37. The number of piperidine rings is 1. The van der Waals surface area contributed by atoms with Crippen LogP contribution in [0.3, 0.4) is 0 Å². The number of carbonyl (C=O) groups is 1. The van der Waals surface area contributed by atoms with Crippen LogP contribution < -0.4 is 0 Å². The second kappa shape index (κ2) is 5.25. The molecule has 0 aromatic carbocycles. The van der Waals surface area contributed by atoms with Gasteiger partial charge in [-0.15, -0.1) is 0 Å². The molecule has 1 aliphatic heterocycles. The lowest BCUT2D eigenvalue weighted by Crippen LogP contribution is -2.39. The van der Waals surface area contributed by atoms with Gasteiger partial charge in [0.05, 0.1) is 12.6 Å². The van der Waals surface area contributed by atoms with Gasteiger partial charge < -0.3 is 9.64 Å². The highest BCUT2D eigenvalue weighted by atomic mass is 16.6. The van der Waals surface area contributed by atoms with Gasteiger partial charge in [-0.3, -0.25) is 4.90 Å². The van der Waals surface area contributed by atoms with Crippen molar-refractivity contribution in [1.29, 1.82) is 5.26 Å². The second-order valence-electron chi connectivity index (χ2n) is 7.09. The van der Waals surface area contributed by atoms with Gasteiger partial charge in [0.1, 0.15) is 5.60 Å². The van der Waals surface area contributed by atoms with Gasteiger partial charge in [0.25, 0.3) is 0 Å². The maximum absolute atomic E-state index is 12.1. The SMILES string of the molecule is CCN(CC#N)C[C@@]12C[C@@H]1CN(C(=O)OC(C)(C)C)C2. The van der Waals surface area contributed by atoms with Crippen molar-refractivity contribution in [2.45, 2.75) is 39.7 Å². The molecule has 0 radical (unpaired) electrons. The third-order valence-electron chi connectivity index (χ3n) is 4.24. The average molecular weight is 279 g/mol. The summed E-state index contributed by atoms with van der Waals surface area (Å²) >= 11 is 0. The van der Waals surface area contributed by atoms with Gasteiger partial charge in [-0.1, -0.05) is 6.92 Å². The number of amides is 1. The molecule has 0 unspecified atom stereocenters. The smallest absolute Gasteiger partial charge is 0.410 e. The Labute approximate surface area is 121 Å². The molecule has 2 fully saturated rings. The molecule has 2 aliphatic rings. The van der Waals surface area contributed by atoms with Crippen LogP contribution in [0.5, 0.6) is 0 Å². The van der Waals surface area contributed by atoms with E-state index in [0.29, 0.717) is 12.5 Å². The number of nitrogens with zero attached hydrogens (tertiary/aromatic N) is 3. The van der Waals surface area contributed by atoms with Crippen LogP contribution in [-0.2, 0) is 4.74 Å². The van der Waals surface area contributed by atoms with E-state index < -0.39 is 5.60 Å².